The molecule has 1 aliphatic rings. The molecule has 0 fully saturated rings. The summed E-state index contributed by atoms with van der Waals surface area (Å²) in [5, 5.41) is 13.0. The quantitative estimate of drug-likeness (QED) is 0.634. The van der Waals surface area contributed by atoms with Gasteiger partial charge in [-0.1, -0.05) is 41.6 Å². The highest BCUT2D eigenvalue weighted by atomic mass is 32.2. The molecule has 1 aromatic carbocycles. The van der Waals surface area contributed by atoms with Gasteiger partial charge in [-0.05, 0) is 35.8 Å². The minimum absolute atomic E-state index is 0.402. The van der Waals surface area contributed by atoms with Crippen molar-refractivity contribution in [1.82, 2.24) is 0 Å². The second-order valence-electron chi connectivity index (χ2n) is 4.72. The van der Waals surface area contributed by atoms with Crippen LogP contribution in [0.5, 0.6) is 0 Å². The van der Waals surface area contributed by atoms with Gasteiger partial charge in [0.25, 0.3) is 0 Å². The molecule has 1 aromatic rings. The molecule has 0 N–H and O–H groups in total. The predicted molar refractivity (Wildman–Crippen MR) is 85.2 cm³/mol. The molecule has 0 atom stereocenters. The molecule has 0 heterocycles. The Morgan fingerprint density at radius 1 is 1.23 bits per heavy atom. The van der Waals surface area contributed by atoms with E-state index in [4.69, 9.17) is 0 Å². The van der Waals surface area contributed by atoms with Crippen molar-refractivity contribution >= 4 is 21.4 Å². The largest absolute Gasteiger partial charge is 0.325 e. The van der Waals surface area contributed by atoms with Gasteiger partial charge in [0.2, 0.25) is 0 Å². The van der Waals surface area contributed by atoms with Gasteiger partial charge < -0.3 is 0 Å². The van der Waals surface area contributed by atoms with Crippen LogP contribution in [0.1, 0.15) is 12.5 Å². The van der Waals surface area contributed by atoms with E-state index in [0.29, 0.717) is 16.9 Å². The lowest BCUT2D eigenvalue weighted by atomic mass is 9.94. The van der Waals surface area contributed by atoms with Gasteiger partial charge in [-0.25, -0.2) is 0 Å². The Hall–Kier alpha value is -2.65. The summed E-state index contributed by atoms with van der Waals surface area (Å²) < 4.78 is 26.4. The fraction of sp³-hybridized carbons (Fsp3) is 0.125. The number of hydrogen-bond acceptors (Lipinski definition) is 5. The highest BCUT2D eigenvalue weighted by molar-refractivity contribution is 7.85. The van der Waals surface area contributed by atoms with Gasteiger partial charge in [-0.3, -0.25) is 4.28 Å². The Morgan fingerprint density at radius 2 is 1.91 bits per heavy atom. The van der Waals surface area contributed by atoms with E-state index in [1.807, 2.05) is 30.3 Å². The Labute approximate surface area is 129 Å². The molecule has 0 radical (unpaired) electrons. The third-order valence-corrected chi connectivity index (χ3v) is 3.28. The lowest BCUT2D eigenvalue weighted by Gasteiger charge is -2.10. The summed E-state index contributed by atoms with van der Waals surface area (Å²) in [6, 6.07) is 11.5. The molecule has 0 bridgehead atoms. The van der Waals surface area contributed by atoms with Crippen LogP contribution in [-0.4, -0.2) is 20.4 Å². The Kier molecular flexibility index (Phi) is 4.59. The van der Waals surface area contributed by atoms with Crippen LogP contribution in [0.3, 0.4) is 0 Å². The number of nitrogens with zero attached hydrogens (tertiary/aromatic N) is 2. The van der Waals surface area contributed by atoms with Crippen molar-refractivity contribution in [3.63, 3.8) is 0 Å². The lowest BCUT2D eigenvalue weighted by molar-refractivity contribution is 0.343. The highest BCUT2D eigenvalue weighted by Gasteiger charge is 2.12. The zero-order chi connectivity index (χ0) is 16.2. The summed E-state index contributed by atoms with van der Waals surface area (Å²) in [6.45, 7) is 1.77. The number of benzene rings is 1. The molecule has 0 saturated heterocycles. The first-order valence-electron chi connectivity index (χ1n) is 6.44. The minimum atomic E-state index is -3.64. The van der Waals surface area contributed by atoms with E-state index in [-0.39, 0.29) is 0 Å². The maximum Gasteiger partial charge on any atom is 0.325 e. The van der Waals surface area contributed by atoms with Crippen molar-refractivity contribution in [1.29, 1.82) is 5.26 Å². The van der Waals surface area contributed by atoms with Gasteiger partial charge >= 0.3 is 10.1 Å². The van der Waals surface area contributed by atoms with E-state index in [0.717, 1.165) is 17.4 Å². The van der Waals surface area contributed by atoms with Crippen LogP contribution in [0, 0.1) is 11.3 Å². The van der Waals surface area contributed by atoms with Crippen LogP contribution in [0.4, 0.5) is 0 Å². The first-order chi connectivity index (χ1) is 10.4. The summed E-state index contributed by atoms with van der Waals surface area (Å²) in [5.41, 5.74) is 3.22. The molecule has 2 rings (SSSR count). The van der Waals surface area contributed by atoms with E-state index in [1.165, 1.54) is 0 Å². The third-order valence-electron chi connectivity index (χ3n) is 2.93. The molecule has 0 unspecified atom stereocenters. The number of oxime groups is 1. The second kappa shape index (κ2) is 6.41. The fourth-order valence-electron chi connectivity index (χ4n) is 1.92. The molecule has 0 amide bonds. The SMILES string of the molecule is CC1=CC(=C(C#N)c2ccccc2)C=CC1=NOS(C)(=O)=O. The third kappa shape index (κ3) is 3.93. The van der Waals surface area contributed by atoms with Crippen LogP contribution >= 0.6 is 0 Å². The smallest absolute Gasteiger partial charge is 0.268 e. The molecule has 0 spiro atoms. The average Bonchev–Trinajstić information content (AvgIpc) is 2.47. The topological polar surface area (TPSA) is 79.5 Å². The maximum absolute atomic E-state index is 11.0. The summed E-state index contributed by atoms with van der Waals surface area (Å²) in [6.07, 6.45) is 6.03. The van der Waals surface area contributed by atoms with Crippen molar-refractivity contribution in [2.24, 2.45) is 5.16 Å². The van der Waals surface area contributed by atoms with E-state index in [1.54, 1.807) is 25.2 Å². The van der Waals surface area contributed by atoms with Gasteiger partial charge in [0, 0.05) is 0 Å². The van der Waals surface area contributed by atoms with Gasteiger partial charge in [-0.2, -0.15) is 13.7 Å². The Bertz CT molecular complexity index is 839. The summed E-state index contributed by atoms with van der Waals surface area (Å²) in [4.78, 5) is 0. The standard InChI is InChI=1S/C16H14N2O3S/c1-12-10-14(8-9-16(12)18-21-22(2,19)20)15(11-17)13-6-4-3-5-7-13/h3-10H,1-2H3. The van der Waals surface area contributed by atoms with Crippen LogP contribution in [0.25, 0.3) is 5.57 Å². The normalized spacial score (nSPS) is 18.6. The van der Waals surface area contributed by atoms with Crippen LogP contribution in [-0.2, 0) is 14.4 Å². The molecular formula is C16H14N2O3S. The van der Waals surface area contributed by atoms with Crippen molar-refractivity contribution in [3.05, 3.63) is 65.3 Å². The van der Waals surface area contributed by atoms with Crippen LogP contribution in [0.2, 0.25) is 0 Å². The van der Waals surface area contributed by atoms with Crippen LogP contribution in [0.15, 0.2) is 64.9 Å². The molecule has 6 heteroatoms. The fourth-order valence-corrected chi connectivity index (χ4v) is 2.14. The first-order valence-corrected chi connectivity index (χ1v) is 8.25. The van der Waals surface area contributed by atoms with Crippen molar-refractivity contribution in [3.8, 4) is 6.07 Å². The molecule has 22 heavy (non-hydrogen) atoms. The summed E-state index contributed by atoms with van der Waals surface area (Å²) in [5.74, 6) is 0. The first kappa shape index (κ1) is 15.7. The zero-order valence-corrected chi connectivity index (χ0v) is 13.0. The van der Waals surface area contributed by atoms with E-state index < -0.39 is 10.1 Å². The number of nitriles is 1. The Morgan fingerprint density at radius 3 is 2.45 bits per heavy atom. The number of allylic oxidation sites excluding steroid dienone is 6. The molecule has 5 nitrogen and oxygen atoms in total. The molecule has 112 valence electrons. The maximum atomic E-state index is 11.0. The van der Waals surface area contributed by atoms with E-state index in [9.17, 15) is 13.7 Å². The van der Waals surface area contributed by atoms with Crippen molar-refractivity contribution in [2.75, 3.05) is 6.26 Å². The van der Waals surface area contributed by atoms with Gasteiger partial charge in [-0.15, -0.1) is 0 Å². The predicted octanol–water partition coefficient (Wildman–Crippen LogP) is 2.81. The van der Waals surface area contributed by atoms with Gasteiger partial charge in [0.1, 0.15) is 11.8 Å². The van der Waals surface area contributed by atoms with Gasteiger partial charge in [0.15, 0.2) is 0 Å². The molecule has 0 saturated carbocycles. The molecule has 0 aromatic heterocycles. The van der Waals surface area contributed by atoms with Crippen molar-refractivity contribution < 1.29 is 12.7 Å². The highest BCUT2D eigenvalue weighted by Crippen LogP contribution is 2.24. The number of hydrogen-bond donors (Lipinski definition) is 0. The minimum Gasteiger partial charge on any atom is -0.268 e. The number of rotatable bonds is 3. The zero-order valence-electron chi connectivity index (χ0n) is 12.1. The molecule has 0 aliphatic heterocycles. The monoisotopic (exact) mass is 314 g/mol. The van der Waals surface area contributed by atoms with Crippen LogP contribution < -0.4 is 0 Å². The Balaban J connectivity index is 2.39. The molecule has 1 aliphatic carbocycles. The average molecular weight is 314 g/mol. The summed E-state index contributed by atoms with van der Waals surface area (Å²) in [7, 11) is -3.64. The summed E-state index contributed by atoms with van der Waals surface area (Å²) >= 11 is 0. The second-order valence-corrected chi connectivity index (χ2v) is 6.28. The van der Waals surface area contributed by atoms with Gasteiger partial charge in [0.05, 0.1) is 11.8 Å². The van der Waals surface area contributed by atoms with E-state index >= 15 is 0 Å². The lowest BCUT2D eigenvalue weighted by Crippen LogP contribution is -2.05. The molecular weight excluding hydrogens is 300 g/mol. The van der Waals surface area contributed by atoms with Crippen molar-refractivity contribution in [2.45, 2.75) is 6.92 Å². The van der Waals surface area contributed by atoms with E-state index in [2.05, 4.69) is 15.5 Å².